The number of rotatable bonds is 4. The number of hydrogen-bond donors (Lipinski definition) is 0. The van der Waals surface area contributed by atoms with E-state index in [2.05, 4.69) is 24.3 Å². The molecule has 132 valence electrons. The molecule has 3 rings (SSSR count). The third-order valence-electron chi connectivity index (χ3n) is 4.21. The van der Waals surface area contributed by atoms with E-state index in [0.717, 1.165) is 29.2 Å². The van der Waals surface area contributed by atoms with Crippen molar-refractivity contribution < 1.29 is 9.53 Å². The lowest BCUT2D eigenvalue weighted by Crippen LogP contribution is -2.38. The maximum Gasteiger partial charge on any atom is 0.229 e. The quantitative estimate of drug-likeness (QED) is 0.782. The lowest BCUT2D eigenvalue weighted by molar-refractivity contribution is -0.139. The van der Waals surface area contributed by atoms with Gasteiger partial charge in [0, 0.05) is 17.7 Å². The van der Waals surface area contributed by atoms with Crippen LogP contribution in [0.2, 0.25) is 0 Å². The van der Waals surface area contributed by atoms with Crippen LogP contribution in [0.1, 0.15) is 37.3 Å². The Morgan fingerprint density at radius 3 is 2.44 bits per heavy atom. The molecule has 1 aliphatic heterocycles. The number of amides is 1. The van der Waals surface area contributed by atoms with Crippen molar-refractivity contribution in [3.8, 4) is 5.75 Å². The van der Waals surface area contributed by atoms with Crippen LogP contribution in [0.15, 0.2) is 54.6 Å². The van der Waals surface area contributed by atoms with E-state index >= 15 is 0 Å². The second-order valence-corrected chi connectivity index (χ2v) is 8.50. The number of nitrogens with zero attached hydrogens (tertiary/aromatic N) is 1. The molecule has 1 atom stereocenters. The molecule has 2 aromatic carbocycles. The highest BCUT2D eigenvalue weighted by Crippen LogP contribution is 2.40. The van der Waals surface area contributed by atoms with E-state index < -0.39 is 0 Å². The third kappa shape index (κ3) is 4.37. The van der Waals surface area contributed by atoms with Crippen molar-refractivity contribution in [2.75, 3.05) is 12.3 Å². The molecule has 0 N–H and O–H groups in total. The molecule has 1 amide bonds. The van der Waals surface area contributed by atoms with E-state index in [4.69, 9.17) is 4.74 Å². The Hall–Kier alpha value is -1.94. The Bertz CT molecular complexity index is 707. The average molecular weight is 356 g/mol. The summed E-state index contributed by atoms with van der Waals surface area (Å²) in [4.78, 5) is 14.7. The van der Waals surface area contributed by atoms with Crippen LogP contribution in [-0.4, -0.2) is 23.1 Å². The average Bonchev–Trinajstić information content (AvgIpc) is 3.09. The molecule has 1 fully saturated rings. The van der Waals surface area contributed by atoms with Crippen molar-refractivity contribution in [2.24, 2.45) is 5.41 Å². The summed E-state index contributed by atoms with van der Waals surface area (Å²) in [6.45, 7) is 7.33. The van der Waals surface area contributed by atoms with Gasteiger partial charge in [-0.25, -0.2) is 0 Å². The van der Waals surface area contributed by atoms with E-state index in [9.17, 15) is 4.79 Å². The Morgan fingerprint density at radius 1 is 1.12 bits per heavy atom. The first-order chi connectivity index (χ1) is 11.9. The van der Waals surface area contributed by atoms with Gasteiger partial charge in [0.15, 0.2) is 0 Å². The largest absolute Gasteiger partial charge is 0.489 e. The molecular formula is C21H25NO2S. The Kier molecular flexibility index (Phi) is 5.38. The molecule has 0 bridgehead atoms. The number of carbonyl (C=O) groups is 1. The number of ether oxygens (including phenoxy) is 1. The standard InChI is InChI=1S/C21H25NO2S/c1-21(2,3)20(23)22-13-14-25-19(22)17-9-11-18(12-10-17)24-15-16-7-5-4-6-8-16/h4-12,19H,13-15H2,1-3H3. The van der Waals surface area contributed by atoms with Crippen molar-refractivity contribution >= 4 is 17.7 Å². The fraction of sp³-hybridized carbons (Fsp3) is 0.381. The van der Waals surface area contributed by atoms with Gasteiger partial charge in [-0.2, -0.15) is 0 Å². The van der Waals surface area contributed by atoms with Crippen LogP contribution in [-0.2, 0) is 11.4 Å². The fourth-order valence-corrected chi connectivity index (χ4v) is 4.11. The third-order valence-corrected chi connectivity index (χ3v) is 5.47. The summed E-state index contributed by atoms with van der Waals surface area (Å²) in [6, 6.07) is 18.3. The molecule has 0 radical (unpaired) electrons. The molecule has 1 aliphatic rings. The van der Waals surface area contributed by atoms with Crippen LogP contribution in [0.5, 0.6) is 5.75 Å². The molecule has 25 heavy (non-hydrogen) atoms. The minimum atomic E-state index is -0.345. The Balaban J connectivity index is 1.66. The SMILES string of the molecule is CC(C)(C)C(=O)N1CCSC1c1ccc(OCc2ccccc2)cc1. The van der Waals surface area contributed by atoms with Crippen molar-refractivity contribution in [1.29, 1.82) is 0 Å². The van der Waals surface area contributed by atoms with Crippen LogP contribution in [0.4, 0.5) is 0 Å². The monoisotopic (exact) mass is 355 g/mol. The normalized spacial score (nSPS) is 17.6. The van der Waals surface area contributed by atoms with Crippen LogP contribution in [0.3, 0.4) is 0 Å². The lowest BCUT2D eigenvalue weighted by atomic mass is 9.94. The second kappa shape index (κ2) is 7.52. The van der Waals surface area contributed by atoms with E-state index in [1.807, 2.05) is 67.8 Å². The zero-order chi connectivity index (χ0) is 17.9. The van der Waals surface area contributed by atoms with Gasteiger partial charge in [-0.1, -0.05) is 63.2 Å². The summed E-state index contributed by atoms with van der Waals surface area (Å²) in [5.74, 6) is 2.05. The van der Waals surface area contributed by atoms with E-state index in [0.29, 0.717) is 6.61 Å². The highest BCUT2D eigenvalue weighted by Gasteiger charge is 2.36. The molecule has 1 saturated heterocycles. The predicted octanol–water partition coefficient (Wildman–Crippen LogP) is 4.89. The van der Waals surface area contributed by atoms with Crippen molar-refractivity contribution in [2.45, 2.75) is 32.8 Å². The Morgan fingerprint density at radius 2 is 1.80 bits per heavy atom. The highest BCUT2D eigenvalue weighted by atomic mass is 32.2. The molecule has 0 aliphatic carbocycles. The molecule has 1 unspecified atom stereocenters. The summed E-state index contributed by atoms with van der Waals surface area (Å²) in [6.07, 6.45) is 0. The van der Waals surface area contributed by atoms with Gasteiger partial charge in [0.05, 0.1) is 0 Å². The smallest absolute Gasteiger partial charge is 0.229 e. The molecule has 1 heterocycles. The van der Waals surface area contributed by atoms with Gasteiger partial charge in [0.1, 0.15) is 17.7 Å². The van der Waals surface area contributed by atoms with E-state index in [1.165, 1.54) is 0 Å². The first-order valence-corrected chi connectivity index (χ1v) is 9.69. The van der Waals surface area contributed by atoms with Crippen molar-refractivity contribution in [3.05, 3.63) is 65.7 Å². The van der Waals surface area contributed by atoms with Crippen molar-refractivity contribution in [1.82, 2.24) is 4.90 Å². The number of benzene rings is 2. The number of thioether (sulfide) groups is 1. The lowest BCUT2D eigenvalue weighted by Gasteiger charge is -2.30. The topological polar surface area (TPSA) is 29.5 Å². The van der Waals surface area contributed by atoms with Gasteiger partial charge in [-0.3, -0.25) is 4.79 Å². The van der Waals surface area contributed by atoms with Crippen LogP contribution in [0, 0.1) is 5.41 Å². The second-order valence-electron chi connectivity index (χ2n) is 7.32. The van der Waals surface area contributed by atoms with Gasteiger partial charge in [-0.05, 0) is 23.3 Å². The summed E-state index contributed by atoms with van der Waals surface area (Å²) >= 11 is 1.83. The molecule has 4 heteroatoms. The fourth-order valence-electron chi connectivity index (χ4n) is 2.85. The summed E-state index contributed by atoms with van der Waals surface area (Å²) < 4.78 is 5.85. The summed E-state index contributed by atoms with van der Waals surface area (Å²) in [7, 11) is 0. The van der Waals surface area contributed by atoms with Gasteiger partial charge in [0.2, 0.25) is 5.91 Å². The summed E-state index contributed by atoms with van der Waals surface area (Å²) in [5.41, 5.74) is 1.97. The first kappa shape index (κ1) is 17.9. The molecule has 0 spiro atoms. The van der Waals surface area contributed by atoms with Gasteiger partial charge in [-0.15, -0.1) is 11.8 Å². The van der Waals surface area contributed by atoms with Crippen molar-refractivity contribution in [3.63, 3.8) is 0 Å². The summed E-state index contributed by atoms with van der Waals surface area (Å²) in [5, 5.41) is 0.106. The molecular weight excluding hydrogens is 330 g/mol. The molecule has 2 aromatic rings. The zero-order valence-electron chi connectivity index (χ0n) is 15.1. The first-order valence-electron chi connectivity index (χ1n) is 8.64. The van der Waals surface area contributed by atoms with Crippen LogP contribution >= 0.6 is 11.8 Å². The van der Waals surface area contributed by atoms with E-state index in [1.54, 1.807) is 0 Å². The van der Waals surface area contributed by atoms with Crippen LogP contribution in [0.25, 0.3) is 0 Å². The number of hydrogen-bond acceptors (Lipinski definition) is 3. The zero-order valence-corrected chi connectivity index (χ0v) is 15.9. The highest BCUT2D eigenvalue weighted by molar-refractivity contribution is 7.99. The maximum atomic E-state index is 12.7. The van der Waals surface area contributed by atoms with Crippen LogP contribution < -0.4 is 4.74 Å². The Labute approximate surface area is 154 Å². The minimum Gasteiger partial charge on any atom is -0.489 e. The predicted molar refractivity (Wildman–Crippen MR) is 104 cm³/mol. The van der Waals surface area contributed by atoms with E-state index in [-0.39, 0.29) is 16.7 Å². The van der Waals surface area contributed by atoms with Gasteiger partial charge < -0.3 is 9.64 Å². The van der Waals surface area contributed by atoms with Gasteiger partial charge >= 0.3 is 0 Å². The minimum absolute atomic E-state index is 0.106. The molecule has 0 saturated carbocycles. The molecule has 3 nitrogen and oxygen atoms in total. The maximum absolute atomic E-state index is 12.7. The number of carbonyl (C=O) groups excluding carboxylic acids is 1. The van der Waals surface area contributed by atoms with Gasteiger partial charge in [0.25, 0.3) is 0 Å². The molecule has 0 aromatic heterocycles.